The van der Waals surface area contributed by atoms with Crippen LogP contribution in [-0.2, 0) is 9.53 Å². The molecule has 0 radical (unpaired) electrons. The van der Waals surface area contributed by atoms with Crippen LogP contribution in [-0.4, -0.2) is 18.5 Å². The van der Waals surface area contributed by atoms with Gasteiger partial charge in [-0.05, 0) is 37.1 Å². The quantitative estimate of drug-likeness (QED) is 0.434. The lowest BCUT2D eigenvalue weighted by molar-refractivity contribution is -0.137. The molecule has 1 aromatic rings. The van der Waals surface area contributed by atoms with Gasteiger partial charge in [-0.15, -0.1) is 0 Å². The fourth-order valence-electron chi connectivity index (χ4n) is 1.72. The normalized spacial score (nSPS) is 10.5. The number of carbonyl (C=O) groups excluding carboxylic acids is 2. The summed E-state index contributed by atoms with van der Waals surface area (Å²) in [6, 6.07) is 4.95. The number of ether oxygens (including phenoxy) is 2. The number of benzene rings is 1. The van der Waals surface area contributed by atoms with Gasteiger partial charge in [0.1, 0.15) is 5.75 Å². The Morgan fingerprint density at radius 3 is 2.48 bits per heavy atom. The summed E-state index contributed by atoms with van der Waals surface area (Å²) in [4.78, 5) is 23.4. The molecular formula is C17H24O4. The van der Waals surface area contributed by atoms with Crippen LogP contribution in [0.15, 0.2) is 18.2 Å². The third-order valence-electron chi connectivity index (χ3n) is 3.07. The first-order valence-electron chi connectivity index (χ1n) is 7.45. The highest BCUT2D eigenvalue weighted by Gasteiger charge is 2.14. The summed E-state index contributed by atoms with van der Waals surface area (Å²) in [5, 5.41) is 0. The Bertz CT molecular complexity index is 492. The molecule has 0 spiro atoms. The van der Waals surface area contributed by atoms with Gasteiger partial charge in [-0.1, -0.05) is 33.6 Å². The minimum Gasteiger partial charge on any atom is -0.462 e. The van der Waals surface area contributed by atoms with Gasteiger partial charge in [-0.25, -0.2) is 4.79 Å². The Balaban J connectivity index is 2.64. The summed E-state index contributed by atoms with van der Waals surface area (Å²) < 4.78 is 10.5. The molecule has 4 heteroatoms. The maximum atomic E-state index is 11.9. The van der Waals surface area contributed by atoms with E-state index in [9.17, 15) is 9.59 Å². The smallest absolute Gasteiger partial charge is 0.338 e. The van der Waals surface area contributed by atoms with Gasteiger partial charge in [-0.3, -0.25) is 4.79 Å². The van der Waals surface area contributed by atoms with E-state index >= 15 is 0 Å². The molecule has 0 saturated heterocycles. The second kappa shape index (κ2) is 8.45. The standard InChI is InChI=1S/C17H24O4/c1-5-6-7-10-20-17(19)14-8-9-15(13(4)11-14)21-16(18)12(2)3/h8-9,11-12H,5-7,10H2,1-4H3. The topological polar surface area (TPSA) is 52.6 Å². The van der Waals surface area contributed by atoms with E-state index in [1.165, 1.54) is 0 Å². The molecule has 0 aliphatic rings. The zero-order valence-electron chi connectivity index (χ0n) is 13.3. The van der Waals surface area contributed by atoms with E-state index in [-0.39, 0.29) is 17.9 Å². The van der Waals surface area contributed by atoms with Crippen molar-refractivity contribution in [3.63, 3.8) is 0 Å². The van der Waals surface area contributed by atoms with Crippen LogP contribution in [0.25, 0.3) is 0 Å². The van der Waals surface area contributed by atoms with Gasteiger partial charge in [0, 0.05) is 0 Å². The Hall–Kier alpha value is -1.84. The Labute approximate surface area is 126 Å². The molecule has 0 aliphatic heterocycles. The fourth-order valence-corrected chi connectivity index (χ4v) is 1.72. The van der Waals surface area contributed by atoms with Crippen molar-refractivity contribution in [2.45, 2.75) is 47.0 Å². The maximum absolute atomic E-state index is 11.9. The van der Waals surface area contributed by atoms with Crippen LogP contribution < -0.4 is 4.74 Å². The lowest BCUT2D eigenvalue weighted by atomic mass is 10.1. The van der Waals surface area contributed by atoms with E-state index in [2.05, 4.69) is 6.92 Å². The molecule has 0 atom stereocenters. The van der Waals surface area contributed by atoms with Gasteiger partial charge in [-0.2, -0.15) is 0 Å². The van der Waals surface area contributed by atoms with E-state index in [1.54, 1.807) is 39.0 Å². The summed E-state index contributed by atoms with van der Waals surface area (Å²) in [5.74, 6) is -0.326. The largest absolute Gasteiger partial charge is 0.462 e. The van der Waals surface area contributed by atoms with Gasteiger partial charge >= 0.3 is 11.9 Å². The number of esters is 2. The van der Waals surface area contributed by atoms with Gasteiger partial charge in [0.25, 0.3) is 0 Å². The average molecular weight is 292 g/mol. The van der Waals surface area contributed by atoms with E-state index < -0.39 is 0 Å². The Morgan fingerprint density at radius 1 is 1.19 bits per heavy atom. The highest BCUT2D eigenvalue weighted by Crippen LogP contribution is 2.21. The van der Waals surface area contributed by atoms with Crippen LogP contribution in [0.5, 0.6) is 5.75 Å². The molecule has 0 heterocycles. The number of rotatable bonds is 7. The van der Waals surface area contributed by atoms with Crippen molar-refractivity contribution < 1.29 is 19.1 Å². The number of hydrogen-bond donors (Lipinski definition) is 0. The molecule has 0 saturated carbocycles. The number of aryl methyl sites for hydroxylation is 1. The summed E-state index contributed by atoms with van der Waals surface area (Å²) in [5.41, 5.74) is 1.22. The predicted molar refractivity (Wildman–Crippen MR) is 81.5 cm³/mol. The molecule has 0 unspecified atom stereocenters. The number of carbonyl (C=O) groups is 2. The monoisotopic (exact) mass is 292 g/mol. The van der Waals surface area contributed by atoms with Crippen LogP contribution in [0.2, 0.25) is 0 Å². The van der Waals surface area contributed by atoms with Gasteiger partial charge < -0.3 is 9.47 Å². The SMILES string of the molecule is CCCCCOC(=O)c1ccc(OC(=O)C(C)C)c(C)c1. The van der Waals surface area contributed by atoms with Crippen LogP contribution in [0, 0.1) is 12.8 Å². The highest BCUT2D eigenvalue weighted by molar-refractivity contribution is 5.90. The van der Waals surface area contributed by atoms with Crippen LogP contribution >= 0.6 is 0 Å². The molecule has 0 fully saturated rings. The van der Waals surface area contributed by atoms with E-state index in [0.29, 0.717) is 17.9 Å². The molecule has 0 aromatic heterocycles. The first kappa shape index (κ1) is 17.2. The molecule has 0 bridgehead atoms. The number of hydrogen-bond acceptors (Lipinski definition) is 4. The Kier molecular flexibility index (Phi) is 6.92. The minimum atomic E-state index is -0.337. The molecule has 21 heavy (non-hydrogen) atoms. The van der Waals surface area contributed by atoms with Gasteiger partial charge in [0.15, 0.2) is 0 Å². The van der Waals surface area contributed by atoms with Crippen LogP contribution in [0.1, 0.15) is 56.0 Å². The summed E-state index contributed by atoms with van der Waals surface area (Å²) in [7, 11) is 0. The second-order valence-corrected chi connectivity index (χ2v) is 5.40. The molecule has 0 amide bonds. The van der Waals surface area contributed by atoms with Crippen molar-refractivity contribution in [1.29, 1.82) is 0 Å². The second-order valence-electron chi connectivity index (χ2n) is 5.40. The van der Waals surface area contributed by atoms with Crippen molar-refractivity contribution >= 4 is 11.9 Å². The molecule has 116 valence electrons. The third-order valence-corrected chi connectivity index (χ3v) is 3.07. The van der Waals surface area contributed by atoms with Gasteiger partial charge in [0.05, 0.1) is 18.1 Å². The van der Waals surface area contributed by atoms with Crippen LogP contribution in [0.3, 0.4) is 0 Å². The zero-order valence-corrected chi connectivity index (χ0v) is 13.3. The maximum Gasteiger partial charge on any atom is 0.338 e. The number of unbranched alkanes of at least 4 members (excludes halogenated alkanes) is 2. The van der Waals surface area contributed by atoms with Crippen molar-refractivity contribution in [2.75, 3.05) is 6.61 Å². The lowest BCUT2D eigenvalue weighted by Gasteiger charge is -2.10. The third kappa shape index (κ3) is 5.58. The van der Waals surface area contributed by atoms with Crippen molar-refractivity contribution in [3.05, 3.63) is 29.3 Å². The predicted octanol–water partition coefficient (Wildman–Crippen LogP) is 3.90. The zero-order chi connectivity index (χ0) is 15.8. The first-order valence-corrected chi connectivity index (χ1v) is 7.45. The molecule has 4 nitrogen and oxygen atoms in total. The highest BCUT2D eigenvalue weighted by atomic mass is 16.5. The minimum absolute atomic E-state index is 0.187. The van der Waals surface area contributed by atoms with Crippen LogP contribution in [0.4, 0.5) is 0 Å². The summed E-state index contributed by atoms with van der Waals surface area (Å²) in [6.45, 7) is 7.90. The van der Waals surface area contributed by atoms with Gasteiger partial charge in [0.2, 0.25) is 0 Å². The molecule has 1 rings (SSSR count). The average Bonchev–Trinajstić information content (AvgIpc) is 2.45. The van der Waals surface area contributed by atoms with E-state index in [1.807, 2.05) is 0 Å². The fraction of sp³-hybridized carbons (Fsp3) is 0.529. The molecule has 0 aliphatic carbocycles. The van der Waals surface area contributed by atoms with E-state index in [0.717, 1.165) is 24.8 Å². The van der Waals surface area contributed by atoms with Crippen molar-refractivity contribution in [2.24, 2.45) is 5.92 Å². The van der Waals surface area contributed by atoms with Crippen molar-refractivity contribution in [1.82, 2.24) is 0 Å². The first-order chi connectivity index (χ1) is 9.95. The molecular weight excluding hydrogens is 268 g/mol. The van der Waals surface area contributed by atoms with E-state index in [4.69, 9.17) is 9.47 Å². The Morgan fingerprint density at radius 2 is 1.90 bits per heavy atom. The lowest BCUT2D eigenvalue weighted by Crippen LogP contribution is -2.15. The summed E-state index contributed by atoms with van der Waals surface area (Å²) >= 11 is 0. The molecule has 0 N–H and O–H groups in total. The van der Waals surface area contributed by atoms with Crippen molar-refractivity contribution in [3.8, 4) is 5.75 Å². The summed E-state index contributed by atoms with van der Waals surface area (Å²) in [6.07, 6.45) is 3.02. The molecule has 1 aromatic carbocycles.